The summed E-state index contributed by atoms with van der Waals surface area (Å²) in [6.45, 7) is 4.64. The lowest BCUT2D eigenvalue weighted by atomic mass is 10.1. The molecule has 0 aromatic heterocycles. The summed E-state index contributed by atoms with van der Waals surface area (Å²) in [5.41, 5.74) is 0.402. The zero-order valence-electron chi connectivity index (χ0n) is 13.0. The fraction of sp³-hybridized carbons (Fsp3) is 0.412. The number of aliphatic hydroxyl groups excluding tert-OH is 1. The van der Waals surface area contributed by atoms with Crippen LogP contribution in [0, 0.1) is 0 Å². The summed E-state index contributed by atoms with van der Waals surface area (Å²) in [6.07, 6.45) is 4.48. The van der Waals surface area contributed by atoms with Crippen LogP contribution in [0.5, 0.6) is 0 Å². The van der Waals surface area contributed by atoms with E-state index in [4.69, 9.17) is 16.3 Å². The van der Waals surface area contributed by atoms with E-state index in [1.807, 2.05) is 0 Å². The van der Waals surface area contributed by atoms with Gasteiger partial charge in [0.2, 0.25) is 0 Å². The van der Waals surface area contributed by atoms with Crippen molar-refractivity contribution in [3.8, 4) is 0 Å². The predicted molar refractivity (Wildman–Crippen MR) is 90.5 cm³/mol. The molecule has 0 unspecified atom stereocenters. The highest BCUT2D eigenvalue weighted by Gasteiger charge is 2.17. The molecule has 0 heterocycles. The second kappa shape index (κ2) is 10.0. The van der Waals surface area contributed by atoms with Gasteiger partial charge in [0.05, 0.1) is 11.6 Å². The number of hydrogen-bond donors (Lipinski definition) is 1. The Hall–Kier alpha value is -1.81. The van der Waals surface area contributed by atoms with Crippen molar-refractivity contribution in [1.82, 2.24) is 0 Å². The lowest BCUT2D eigenvalue weighted by Crippen LogP contribution is -2.11. The maximum Gasteiger partial charge on any atom is 0.343 e. The molecule has 0 aliphatic heterocycles. The lowest BCUT2D eigenvalue weighted by Gasteiger charge is -2.08. The summed E-state index contributed by atoms with van der Waals surface area (Å²) in [6, 6.07) is 6.77. The number of aliphatic imine (C=N–C) groups is 1. The van der Waals surface area contributed by atoms with Crippen LogP contribution >= 0.6 is 11.6 Å². The van der Waals surface area contributed by atoms with E-state index in [-0.39, 0.29) is 17.9 Å². The first-order valence-corrected chi connectivity index (χ1v) is 7.84. The molecule has 0 saturated heterocycles. The van der Waals surface area contributed by atoms with Crippen LogP contribution in [0.3, 0.4) is 0 Å². The van der Waals surface area contributed by atoms with Crippen molar-refractivity contribution in [2.24, 2.45) is 4.99 Å². The van der Waals surface area contributed by atoms with E-state index in [0.717, 1.165) is 19.3 Å². The highest BCUT2D eigenvalue weighted by molar-refractivity contribution is 6.32. The first-order valence-electron chi connectivity index (χ1n) is 7.46. The fourth-order valence-electron chi connectivity index (χ4n) is 1.83. The molecule has 0 aliphatic carbocycles. The molecular weight excluding hydrogens is 302 g/mol. The number of carbonyl (C=O) groups excluding carboxylic acids is 1. The maximum absolute atomic E-state index is 12.0. The molecule has 0 radical (unpaired) electrons. The molecule has 0 amide bonds. The molecule has 0 atom stereocenters. The summed E-state index contributed by atoms with van der Waals surface area (Å²) in [4.78, 5) is 16.2. The second-order valence-corrected chi connectivity index (χ2v) is 5.11. The molecule has 5 heteroatoms. The zero-order valence-corrected chi connectivity index (χ0v) is 13.8. The van der Waals surface area contributed by atoms with Gasteiger partial charge in [-0.3, -0.25) is 4.99 Å². The summed E-state index contributed by atoms with van der Waals surface area (Å²) >= 11 is 6.06. The zero-order chi connectivity index (χ0) is 16.4. The number of ether oxygens (including phenoxy) is 1. The van der Waals surface area contributed by atoms with Crippen molar-refractivity contribution in [2.75, 3.05) is 13.2 Å². The van der Waals surface area contributed by atoms with Gasteiger partial charge in [-0.25, -0.2) is 4.79 Å². The molecule has 1 rings (SSSR count). The molecule has 0 fully saturated rings. The van der Waals surface area contributed by atoms with Crippen LogP contribution in [0.25, 0.3) is 5.76 Å². The van der Waals surface area contributed by atoms with E-state index in [9.17, 15) is 9.90 Å². The number of halogens is 1. The van der Waals surface area contributed by atoms with Crippen LogP contribution in [-0.4, -0.2) is 30.4 Å². The Kier molecular flexibility index (Phi) is 8.30. The maximum atomic E-state index is 12.0. The number of aliphatic hydroxyl groups is 1. The molecule has 1 aromatic rings. The first kappa shape index (κ1) is 18.2. The highest BCUT2D eigenvalue weighted by Crippen LogP contribution is 2.24. The summed E-state index contributed by atoms with van der Waals surface area (Å²) < 4.78 is 4.97. The molecule has 120 valence electrons. The van der Waals surface area contributed by atoms with Gasteiger partial charge >= 0.3 is 5.97 Å². The molecule has 22 heavy (non-hydrogen) atoms. The van der Waals surface area contributed by atoms with Crippen LogP contribution in [-0.2, 0) is 9.53 Å². The highest BCUT2D eigenvalue weighted by atomic mass is 35.5. The molecule has 1 N–H and O–H groups in total. The van der Waals surface area contributed by atoms with Crippen LogP contribution in [0.1, 0.15) is 38.7 Å². The minimum absolute atomic E-state index is 0.0199. The fourth-order valence-corrected chi connectivity index (χ4v) is 2.05. The van der Waals surface area contributed by atoms with Crippen molar-refractivity contribution in [3.05, 3.63) is 40.4 Å². The van der Waals surface area contributed by atoms with E-state index in [1.165, 1.54) is 6.21 Å². The standard InChI is InChI=1S/C17H22ClNO3/c1-3-5-8-11-19-12-14(17(21)22-4-2)16(20)13-9-6-7-10-15(13)18/h6-7,9-10,12,20H,3-5,8,11H2,1-2H3. The summed E-state index contributed by atoms with van der Waals surface area (Å²) in [5, 5.41) is 10.7. The Morgan fingerprint density at radius 2 is 2.05 bits per heavy atom. The number of benzene rings is 1. The topological polar surface area (TPSA) is 58.9 Å². The molecule has 0 spiro atoms. The van der Waals surface area contributed by atoms with E-state index < -0.39 is 5.97 Å². The molecule has 0 aliphatic rings. The van der Waals surface area contributed by atoms with E-state index in [2.05, 4.69) is 11.9 Å². The second-order valence-electron chi connectivity index (χ2n) is 4.70. The number of hydrogen-bond acceptors (Lipinski definition) is 4. The average molecular weight is 324 g/mol. The van der Waals surface area contributed by atoms with Gasteiger partial charge in [0.15, 0.2) is 0 Å². The van der Waals surface area contributed by atoms with Crippen LogP contribution in [0.2, 0.25) is 5.02 Å². The molecular formula is C17H22ClNO3. The number of carbonyl (C=O) groups is 1. The SMILES string of the molecule is CCCCCN=CC(C(=O)OCC)=C(O)c1ccccc1Cl. The minimum Gasteiger partial charge on any atom is -0.506 e. The molecule has 0 saturated carbocycles. The molecule has 1 aromatic carbocycles. The lowest BCUT2D eigenvalue weighted by molar-refractivity contribution is -0.137. The van der Waals surface area contributed by atoms with Crippen molar-refractivity contribution in [1.29, 1.82) is 0 Å². The number of nitrogens with zero attached hydrogens (tertiary/aromatic N) is 1. The van der Waals surface area contributed by atoms with Gasteiger partial charge in [-0.05, 0) is 25.5 Å². The Balaban J connectivity index is 3.05. The van der Waals surface area contributed by atoms with Crippen molar-refractivity contribution >= 4 is 29.5 Å². The number of esters is 1. The monoisotopic (exact) mass is 323 g/mol. The Bertz CT molecular complexity index is 553. The van der Waals surface area contributed by atoms with Gasteiger partial charge < -0.3 is 9.84 Å². The first-order chi connectivity index (χ1) is 10.6. The minimum atomic E-state index is -0.612. The molecule has 4 nitrogen and oxygen atoms in total. The predicted octanol–water partition coefficient (Wildman–Crippen LogP) is 4.43. The van der Waals surface area contributed by atoms with E-state index in [1.54, 1.807) is 31.2 Å². The van der Waals surface area contributed by atoms with Crippen LogP contribution < -0.4 is 0 Å². The Morgan fingerprint density at radius 3 is 2.68 bits per heavy atom. The number of unbranched alkanes of at least 4 members (excludes halogenated alkanes) is 2. The third-order valence-electron chi connectivity index (χ3n) is 2.99. The van der Waals surface area contributed by atoms with Gasteiger partial charge in [-0.2, -0.15) is 0 Å². The Labute approximate surface area is 136 Å². The van der Waals surface area contributed by atoms with Gasteiger partial charge in [0.25, 0.3) is 0 Å². The van der Waals surface area contributed by atoms with Crippen LogP contribution in [0.4, 0.5) is 0 Å². The average Bonchev–Trinajstić information content (AvgIpc) is 2.51. The smallest absolute Gasteiger partial charge is 0.343 e. The largest absolute Gasteiger partial charge is 0.506 e. The number of rotatable bonds is 8. The van der Waals surface area contributed by atoms with Crippen molar-refractivity contribution < 1.29 is 14.6 Å². The molecule has 0 bridgehead atoms. The third-order valence-corrected chi connectivity index (χ3v) is 3.32. The van der Waals surface area contributed by atoms with Gasteiger partial charge in [-0.15, -0.1) is 0 Å². The third kappa shape index (κ3) is 5.53. The summed E-state index contributed by atoms with van der Waals surface area (Å²) in [5.74, 6) is -0.831. The van der Waals surface area contributed by atoms with Crippen molar-refractivity contribution in [3.63, 3.8) is 0 Å². The normalized spacial score (nSPS) is 12.3. The summed E-state index contributed by atoms with van der Waals surface area (Å²) in [7, 11) is 0. The van der Waals surface area contributed by atoms with Gasteiger partial charge in [0.1, 0.15) is 11.3 Å². The quantitative estimate of drug-likeness (QED) is 0.253. The van der Waals surface area contributed by atoms with E-state index >= 15 is 0 Å². The van der Waals surface area contributed by atoms with Gasteiger partial charge in [0, 0.05) is 18.3 Å². The van der Waals surface area contributed by atoms with E-state index in [0.29, 0.717) is 17.1 Å². The Morgan fingerprint density at radius 1 is 1.32 bits per heavy atom. The van der Waals surface area contributed by atoms with Crippen molar-refractivity contribution in [2.45, 2.75) is 33.1 Å². The van der Waals surface area contributed by atoms with Gasteiger partial charge in [-0.1, -0.05) is 43.5 Å². The van der Waals surface area contributed by atoms with Crippen LogP contribution in [0.15, 0.2) is 34.8 Å².